The molecule has 1 N–H and O–H groups in total. The van der Waals surface area contributed by atoms with Crippen LogP contribution in [0.15, 0.2) is 0 Å². The van der Waals surface area contributed by atoms with Gasteiger partial charge in [0, 0.05) is 54.0 Å². The van der Waals surface area contributed by atoms with Crippen LogP contribution in [-0.4, -0.2) is 52.3 Å². The zero-order valence-electron chi connectivity index (χ0n) is 11.1. The van der Waals surface area contributed by atoms with Crippen LogP contribution in [-0.2, 0) is 10.8 Å². The molecule has 1 rings (SSSR count). The number of hydrogen-bond donors (Lipinski definition) is 1. The zero-order valence-corrected chi connectivity index (χ0v) is 11.9. The molecule has 3 nitrogen and oxygen atoms in total. The molecule has 0 aliphatic carbocycles. The van der Waals surface area contributed by atoms with E-state index in [1.54, 1.807) is 6.26 Å². The third kappa shape index (κ3) is 3.54. The molecular formula is C12H26N2OS. The maximum absolute atomic E-state index is 11.2. The minimum atomic E-state index is -0.673. The molecule has 1 aliphatic rings. The van der Waals surface area contributed by atoms with E-state index in [4.69, 9.17) is 0 Å². The summed E-state index contributed by atoms with van der Waals surface area (Å²) in [5.74, 6) is 0.799. The van der Waals surface area contributed by atoms with Crippen molar-refractivity contribution in [2.24, 2.45) is 0 Å². The molecule has 1 fully saturated rings. The van der Waals surface area contributed by atoms with Crippen molar-refractivity contribution in [2.75, 3.05) is 31.6 Å². The Morgan fingerprint density at radius 3 is 2.56 bits per heavy atom. The molecule has 1 heterocycles. The Morgan fingerprint density at radius 1 is 1.44 bits per heavy atom. The summed E-state index contributed by atoms with van der Waals surface area (Å²) in [5.41, 5.74) is 0.280. The maximum Gasteiger partial charge on any atom is 0.0359 e. The van der Waals surface area contributed by atoms with E-state index in [9.17, 15) is 4.21 Å². The Morgan fingerprint density at radius 2 is 2.06 bits per heavy atom. The van der Waals surface area contributed by atoms with Crippen molar-refractivity contribution in [3.8, 4) is 0 Å². The van der Waals surface area contributed by atoms with Crippen molar-refractivity contribution >= 4 is 10.8 Å². The minimum Gasteiger partial charge on any atom is -0.308 e. The highest BCUT2D eigenvalue weighted by Crippen LogP contribution is 2.22. The number of nitrogens with one attached hydrogen (secondary N) is 1. The molecule has 0 aromatic rings. The fourth-order valence-corrected chi connectivity index (χ4v) is 2.85. The number of piperazine rings is 1. The Balaban J connectivity index is 2.57. The van der Waals surface area contributed by atoms with Gasteiger partial charge in [0.2, 0.25) is 0 Å². The minimum absolute atomic E-state index is 0.280. The third-order valence-electron chi connectivity index (χ3n) is 3.92. The molecule has 2 unspecified atom stereocenters. The van der Waals surface area contributed by atoms with E-state index in [1.165, 1.54) is 12.8 Å². The summed E-state index contributed by atoms with van der Waals surface area (Å²) in [4.78, 5) is 2.49. The first-order valence-corrected chi connectivity index (χ1v) is 8.05. The molecule has 0 saturated carbocycles. The highest BCUT2D eigenvalue weighted by atomic mass is 32.2. The summed E-state index contributed by atoms with van der Waals surface area (Å²) in [6, 6.07) is 0.565. The monoisotopic (exact) mass is 246 g/mol. The topological polar surface area (TPSA) is 32.3 Å². The van der Waals surface area contributed by atoms with Gasteiger partial charge in [-0.15, -0.1) is 0 Å². The Bertz CT molecular complexity index is 241. The number of hydrogen-bond acceptors (Lipinski definition) is 3. The molecule has 1 saturated heterocycles. The quantitative estimate of drug-likeness (QED) is 0.791. The van der Waals surface area contributed by atoms with E-state index in [0.717, 1.165) is 25.4 Å². The van der Waals surface area contributed by atoms with Crippen LogP contribution in [0.2, 0.25) is 0 Å². The third-order valence-corrected chi connectivity index (χ3v) is 4.68. The highest BCUT2D eigenvalue weighted by Gasteiger charge is 2.34. The lowest BCUT2D eigenvalue weighted by Crippen LogP contribution is -2.63. The molecule has 0 spiro atoms. The molecule has 1 aliphatic heterocycles. The lowest BCUT2D eigenvalue weighted by molar-refractivity contribution is 0.0866. The van der Waals surface area contributed by atoms with Crippen LogP contribution in [0.5, 0.6) is 0 Å². The number of nitrogens with zero attached hydrogens (tertiary/aromatic N) is 1. The summed E-state index contributed by atoms with van der Waals surface area (Å²) in [5, 5.41) is 3.68. The Labute approximate surface area is 102 Å². The van der Waals surface area contributed by atoms with E-state index in [1.807, 2.05) is 0 Å². The summed E-state index contributed by atoms with van der Waals surface area (Å²) in [7, 11) is -0.673. The largest absolute Gasteiger partial charge is 0.308 e. The predicted molar refractivity (Wildman–Crippen MR) is 71.3 cm³/mol. The first-order chi connectivity index (χ1) is 7.53. The molecule has 4 heteroatoms. The van der Waals surface area contributed by atoms with Crippen molar-refractivity contribution in [3.63, 3.8) is 0 Å². The van der Waals surface area contributed by atoms with E-state index >= 15 is 0 Å². The van der Waals surface area contributed by atoms with Gasteiger partial charge in [-0.1, -0.05) is 13.8 Å². The molecule has 0 bridgehead atoms. The van der Waals surface area contributed by atoms with Crippen LogP contribution in [0.25, 0.3) is 0 Å². The second kappa shape index (κ2) is 6.12. The molecule has 96 valence electrons. The van der Waals surface area contributed by atoms with Crippen molar-refractivity contribution in [1.82, 2.24) is 10.2 Å². The van der Waals surface area contributed by atoms with Crippen LogP contribution in [0.3, 0.4) is 0 Å². The fraction of sp³-hybridized carbons (Fsp3) is 1.00. The predicted octanol–water partition coefficient (Wildman–Crippen LogP) is 1.22. The summed E-state index contributed by atoms with van der Waals surface area (Å²) < 4.78 is 11.2. The smallest absolute Gasteiger partial charge is 0.0359 e. The van der Waals surface area contributed by atoms with Crippen molar-refractivity contribution in [1.29, 1.82) is 0 Å². The molecule has 16 heavy (non-hydrogen) atoms. The lowest BCUT2D eigenvalue weighted by atomic mass is 9.89. The first kappa shape index (κ1) is 14.1. The van der Waals surface area contributed by atoms with E-state index < -0.39 is 10.8 Å². The van der Waals surface area contributed by atoms with Gasteiger partial charge in [0.25, 0.3) is 0 Å². The van der Waals surface area contributed by atoms with Crippen molar-refractivity contribution < 1.29 is 4.21 Å². The van der Waals surface area contributed by atoms with Gasteiger partial charge in [0.1, 0.15) is 0 Å². The van der Waals surface area contributed by atoms with Gasteiger partial charge in [0.05, 0.1) is 0 Å². The number of rotatable bonds is 5. The average Bonchev–Trinajstić information content (AvgIpc) is 2.28. The molecule has 0 radical (unpaired) electrons. The molecule has 0 aromatic carbocycles. The molecule has 2 atom stereocenters. The Hall–Kier alpha value is 0.0700. The van der Waals surface area contributed by atoms with Gasteiger partial charge in [-0.2, -0.15) is 0 Å². The van der Waals surface area contributed by atoms with Crippen LogP contribution in [0.4, 0.5) is 0 Å². The van der Waals surface area contributed by atoms with Gasteiger partial charge >= 0.3 is 0 Å². The molecule has 0 aromatic heterocycles. The van der Waals surface area contributed by atoms with Crippen molar-refractivity contribution in [3.05, 3.63) is 0 Å². The van der Waals surface area contributed by atoms with Crippen molar-refractivity contribution in [2.45, 2.75) is 45.2 Å². The second-order valence-electron chi connectivity index (χ2n) is 4.97. The van der Waals surface area contributed by atoms with E-state index in [0.29, 0.717) is 6.04 Å². The van der Waals surface area contributed by atoms with Gasteiger partial charge in [-0.3, -0.25) is 9.11 Å². The van der Waals surface area contributed by atoms with Crippen LogP contribution in [0.1, 0.15) is 33.6 Å². The fourth-order valence-electron chi connectivity index (χ4n) is 2.36. The van der Waals surface area contributed by atoms with E-state index in [2.05, 4.69) is 31.0 Å². The highest BCUT2D eigenvalue weighted by molar-refractivity contribution is 7.84. The normalized spacial score (nSPS) is 27.9. The van der Waals surface area contributed by atoms with Gasteiger partial charge < -0.3 is 5.32 Å². The first-order valence-electron chi connectivity index (χ1n) is 6.32. The van der Waals surface area contributed by atoms with E-state index in [-0.39, 0.29) is 5.54 Å². The maximum atomic E-state index is 11.2. The molecule has 0 amide bonds. The zero-order chi connectivity index (χ0) is 12.2. The van der Waals surface area contributed by atoms with Crippen LogP contribution in [0, 0.1) is 0 Å². The average molecular weight is 246 g/mol. The lowest BCUT2D eigenvalue weighted by Gasteiger charge is -2.46. The van der Waals surface area contributed by atoms with Gasteiger partial charge in [0.15, 0.2) is 0 Å². The van der Waals surface area contributed by atoms with Gasteiger partial charge in [-0.05, 0) is 19.8 Å². The SMILES string of the molecule is CCC1(CC)CN(CCS(C)=O)C(C)CN1. The summed E-state index contributed by atoms with van der Waals surface area (Å²) >= 11 is 0. The van der Waals surface area contributed by atoms with Crippen LogP contribution >= 0.6 is 0 Å². The van der Waals surface area contributed by atoms with Gasteiger partial charge in [-0.25, -0.2) is 0 Å². The second-order valence-corrected chi connectivity index (χ2v) is 6.52. The summed E-state index contributed by atoms with van der Waals surface area (Å²) in [6.45, 7) is 9.87. The van der Waals surface area contributed by atoms with Crippen LogP contribution < -0.4 is 5.32 Å². The summed E-state index contributed by atoms with van der Waals surface area (Å²) in [6.07, 6.45) is 4.13. The molecular weight excluding hydrogens is 220 g/mol. The Kier molecular flexibility index (Phi) is 5.41. The standard InChI is InChI=1S/C12H26N2OS/c1-5-12(6-2)10-14(7-8-16(4)15)11(3)9-13-12/h11,13H,5-10H2,1-4H3.